The Hall–Kier alpha value is -2.05. The Morgan fingerprint density at radius 1 is 1.33 bits per heavy atom. The second-order valence-corrected chi connectivity index (χ2v) is 4.43. The van der Waals surface area contributed by atoms with Crippen molar-refractivity contribution in [3.8, 4) is 0 Å². The van der Waals surface area contributed by atoms with Gasteiger partial charge in [-0.1, -0.05) is 0 Å². The molecule has 96 valence electrons. The van der Waals surface area contributed by atoms with Crippen LogP contribution in [0.5, 0.6) is 0 Å². The van der Waals surface area contributed by atoms with Gasteiger partial charge < -0.3 is 20.7 Å². The molecule has 2 unspecified atom stereocenters. The van der Waals surface area contributed by atoms with Crippen LogP contribution in [0.15, 0.2) is 12.1 Å². The summed E-state index contributed by atoms with van der Waals surface area (Å²) in [6.45, 7) is 0.579. The van der Waals surface area contributed by atoms with Gasteiger partial charge in [0.05, 0.1) is 12.6 Å². The number of ether oxygens (including phenoxy) is 1. The monoisotopic (exact) mass is 255 g/mol. The standard InChI is InChI=1S/C11H11F2N3O2/c12-6-1-5(14)2-7(13)10(6)16-3-8-9(4-16)18-11(17)15-8/h1-2,8-9H,3-4,14H2,(H,15,17). The lowest BCUT2D eigenvalue weighted by Crippen LogP contribution is -2.33. The number of hydrogen-bond donors (Lipinski definition) is 2. The van der Waals surface area contributed by atoms with Crippen LogP contribution in [0.4, 0.5) is 25.0 Å². The summed E-state index contributed by atoms with van der Waals surface area (Å²) in [7, 11) is 0. The molecule has 1 amide bonds. The number of alkyl carbamates (subject to hydrolysis) is 1. The molecule has 18 heavy (non-hydrogen) atoms. The van der Waals surface area contributed by atoms with Gasteiger partial charge in [-0.2, -0.15) is 0 Å². The predicted octanol–water partition coefficient (Wildman–Crippen LogP) is 0.844. The molecule has 0 aliphatic carbocycles. The molecule has 7 heteroatoms. The Kier molecular flexibility index (Phi) is 2.29. The van der Waals surface area contributed by atoms with Gasteiger partial charge in [0.2, 0.25) is 0 Å². The smallest absolute Gasteiger partial charge is 0.407 e. The number of benzene rings is 1. The van der Waals surface area contributed by atoms with E-state index >= 15 is 0 Å². The maximum atomic E-state index is 13.7. The quantitative estimate of drug-likeness (QED) is 0.730. The minimum atomic E-state index is -0.709. The summed E-state index contributed by atoms with van der Waals surface area (Å²) in [5.74, 6) is -1.42. The first-order chi connectivity index (χ1) is 8.54. The summed E-state index contributed by atoms with van der Waals surface area (Å²) in [4.78, 5) is 12.5. The van der Waals surface area contributed by atoms with Crippen LogP contribution in [0.2, 0.25) is 0 Å². The van der Waals surface area contributed by atoms with Crippen LogP contribution in [0.3, 0.4) is 0 Å². The van der Waals surface area contributed by atoms with E-state index in [4.69, 9.17) is 10.5 Å². The molecule has 1 aromatic rings. The van der Waals surface area contributed by atoms with Crippen molar-refractivity contribution in [1.82, 2.24) is 5.32 Å². The van der Waals surface area contributed by atoms with Crippen molar-refractivity contribution in [3.63, 3.8) is 0 Å². The van der Waals surface area contributed by atoms with E-state index in [1.165, 1.54) is 4.90 Å². The van der Waals surface area contributed by atoms with E-state index in [0.717, 1.165) is 12.1 Å². The molecule has 2 saturated heterocycles. The van der Waals surface area contributed by atoms with Crippen molar-refractivity contribution >= 4 is 17.5 Å². The lowest BCUT2D eigenvalue weighted by molar-refractivity contribution is 0.144. The Balaban J connectivity index is 1.88. The van der Waals surface area contributed by atoms with Crippen LogP contribution >= 0.6 is 0 Å². The highest BCUT2D eigenvalue weighted by Crippen LogP contribution is 2.30. The van der Waals surface area contributed by atoms with Crippen molar-refractivity contribution in [2.24, 2.45) is 0 Å². The number of nitrogen functional groups attached to an aromatic ring is 1. The average Bonchev–Trinajstić information content (AvgIpc) is 2.72. The van der Waals surface area contributed by atoms with Gasteiger partial charge in [-0.3, -0.25) is 0 Å². The first kappa shape index (κ1) is 11.1. The lowest BCUT2D eigenvalue weighted by atomic mass is 10.2. The fourth-order valence-corrected chi connectivity index (χ4v) is 2.42. The number of rotatable bonds is 1. The van der Waals surface area contributed by atoms with Crippen molar-refractivity contribution in [1.29, 1.82) is 0 Å². The molecule has 0 radical (unpaired) electrons. The summed E-state index contributed by atoms with van der Waals surface area (Å²) >= 11 is 0. The maximum Gasteiger partial charge on any atom is 0.407 e. The highest BCUT2D eigenvalue weighted by atomic mass is 19.1. The molecule has 2 atom stereocenters. The van der Waals surface area contributed by atoms with E-state index in [1.807, 2.05) is 0 Å². The molecule has 0 aromatic heterocycles. The SMILES string of the molecule is Nc1cc(F)c(N2CC3NC(=O)OC3C2)c(F)c1. The minimum Gasteiger partial charge on any atom is -0.442 e. The van der Waals surface area contributed by atoms with E-state index in [9.17, 15) is 13.6 Å². The van der Waals surface area contributed by atoms with Crippen LogP contribution < -0.4 is 16.0 Å². The highest BCUT2D eigenvalue weighted by molar-refractivity contribution is 5.71. The van der Waals surface area contributed by atoms with Crippen molar-refractivity contribution in [2.75, 3.05) is 23.7 Å². The molecule has 0 spiro atoms. The van der Waals surface area contributed by atoms with Gasteiger partial charge in [0.1, 0.15) is 11.8 Å². The number of amides is 1. The van der Waals surface area contributed by atoms with Gasteiger partial charge in [-0.05, 0) is 12.1 Å². The van der Waals surface area contributed by atoms with Crippen LogP contribution in [0.25, 0.3) is 0 Å². The zero-order chi connectivity index (χ0) is 12.9. The summed E-state index contributed by atoms with van der Waals surface area (Å²) in [5, 5.41) is 2.59. The van der Waals surface area contributed by atoms with Gasteiger partial charge in [0.25, 0.3) is 0 Å². The number of carbonyl (C=O) groups excluding carboxylic acids is 1. The third-order valence-corrected chi connectivity index (χ3v) is 3.18. The third-order valence-electron chi connectivity index (χ3n) is 3.18. The van der Waals surface area contributed by atoms with Crippen LogP contribution in [-0.2, 0) is 4.74 Å². The molecule has 5 nitrogen and oxygen atoms in total. The van der Waals surface area contributed by atoms with Crippen LogP contribution in [0.1, 0.15) is 0 Å². The average molecular weight is 255 g/mol. The van der Waals surface area contributed by atoms with Gasteiger partial charge in [-0.15, -0.1) is 0 Å². The number of anilines is 2. The molecule has 2 heterocycles. The number of hydrogen-bond acceptors (Lipinski definition) is 4. The van der Waals surface area contributed by atoms with E-state index in [2.05, 4.69) is 5.32 Å². The molecule has 0 saturated carbocycles. The van der Waals surface area contributed by atoms with E-state index in [-0.39, 0.29) is 30.1 Å². The van der Waals surface area contributed by atoms with E-state index < -0.39 is 17.7 Å². The summed E-state index contributed by atoms with van der Waals surface area (Å²) in [6.07, 6.45) is -0.850. The molecule has 1 aromatic carbocycles. The molecule has 3 N–H and O–H groups in total. The number of nitrogens with two attached hydrogens (primary N) is 1. The molecule has 2 fully saturated rings. The normalized spacial score (nSPS) is 25.9. The van der Waals surface area contributed by atoms with Gasteiger partial charge >= 0.3 is 6.09 Å². The number of halogens is 2. The first-order valence-electron chi connectivity index (χ1n) is 5.51. The first-order valence-corrected chi connectivity index (χ1v) is 5.51. The zero-order valence-electron chi connectivity index (χ0n) is 9.32. The zero-order valence-corrected chi connectivity index (χ0v) is 9.32. The Morgan fingerprint density at radius 2 is 2.00 bits per heavy atom. The van der Waals surface area contributed by atoms with E-state index in [1.54, 1.807) is 0 Å². The van der Waals surface area contributed by atoms with Gasteiger partial charge in [0.15, 0.2) is 11.6 Å². The second kappa shape index (κ2) is 3.72. The largest absolute Gasteiger partial charge is 0.442 e. The summed E-state index contributed by atoms with van der Waals surface area (Å²) in [5.41, 5.74) is 5.27. The number of carbonyl (C=O) groups is 1. The maximum absolute atomic E-state index is 13.7. The second-order valence-electron chi connectivity index (χ2n) is 4.43. The fraction of sp³-hybridized carbons (Fsp3) is 0.364. The lowest BCUT2D eigenvalue weighted by Gasteiger charge is -2.20. The number of nitrogens with zero attached hydrogens (tertiary/aromatic N) is 1. The Labute approximate surface area is 102 Å². The number of fused-ring (bicyclic) bond motifs is 1. The van der Waals surface area contributed by atoms with E-state index in [0.29, 0.717) is 6.54 Å². The third kappa shape index (κ3) is 1.62. The topological polar surface area (TPSA) is 67.6 Å². The summed E-state index contributed by atoms with van der Waals surface area (Å²) < 4.78 is 32.4. The molecule has 2 aliphatic heterocycles. The van der Waals surface area contributed by atoms with Crippen molar-refractivity contribution in [3.05, 3.63) is 23.8 Å². The molecule has 3 rings (SSSR count). The molecular weight excluding hydrogens is 244 g/mol. The molecular formula is C11H11F2N3O2. The highest BCUT2D eigenvalue weighted by Gasteiger charge is 2.43. The van der Waals surface area contributed by atoms with Crippen LogP contribution in [-0.4, -0.2) is 31.3 Å². The van der Waals surface area contributed by atoms with Crippen LogP contribution in [0, 0.1) is 11.6 Å². The predicted molar refractivity (Wildman–Crippen MR) is 60.2 cm³/mol. The van der Waals surface area contributed by atoms with Crippen molar-refractivity contribution < 1.29 is 18.3 Å². The molecule has 0 bridgehead atoms. The summed E-state index contributed by atoms with van der Waals surface area (Å²) in [6, 6.07) is 1.92. The molecule has 2 aliphatic rings. The Bertz CT molecular complexity index is 484. The minimum absolute atomic E-state index is 0.0395. The Morgan fingerprint density at radius 3 is 2.61 bits per heavy atom. The van der Waals surface area contributed by atoms with Crippen molar-refractivity contribution in [2.45, 2.75) is 12.1 Å². The number of nitrogens with one attached hydrogen (secondary N) is 1. The van der Waals surface area contributed by atoms with Gasteiger partial charge in [0, 0.05) is 12.2 Å². The fourth-order valence-electron chi connectivity index (χ4n) is 2.42. The van der Waals surface area contributed by atoms with Gasteiger partial charge in [-0.25, -0.2) is 13.6 Å².